The molecule has 11 heavy (non-hydrogen) atoms. The summed E-state index contributed by atoms with van der Waals surface area (Å²) in [6.45, 7) is 1.13. The van der Waals surface area contributed by atoms with Crippen LogP contribution in [-0.2, 0) is 0 Å². The zero-order chi connectivity index (χ0) is 7.68. The Hall–Kier alpha value is -0.340. The molecule has 0 aromatic rings. The van der Waals surface area contributed by atoms with E-state index in [0.29, 0.717) is 6.04 Å². The second kappa shape index (κ2) is 2.95. The summed E-state index contributed by atoms with van der Waals surface area (Å²) in [7, 11) is 0. The molecule has 2 N–H and O–H groups in total. The van der Waals surface area contributed by atoms with Gasteiger partial charge >= 0.3 is 0 Å². The van der Waals surface area contributed by atoms with Crippen molar-refractivity contribution in [3.63, 3.8) is 0 Å². The molecule has 2 aliphatic rings. The van der Waals surface area contributed by atoms with Crippen LogP contribution in [0, 0.1) is 5.92 Å². The van der Waals surface area contributed by atoms with Gasteiger partial charge in [0.2, 0.25) is 0 Å². The maximum absolute atomic E-state index is 8.82. The third-order valence-electron chi connectivity index (χ3n) is 2.65. The molecule has 2 rings (SSSR count). The molecule has 2 nitrogen and oxygen atoms in total. The van der Waals surface area contributed by atoms with Crippen LogP contribution >= 0.6 is 0 Å². The average molecular weight is 153 g/mol. The normalized spacial score (nSPS) is 31.7. The molecule has 0 bridgehead atoms. The van der Waals surface area contributed by atoms with Gasteiger partial charge in [0.25, 0.3) is 0 Å². The van der Waals surface area contributed by atoms with Gasteiger partial charge in [-0.2, -0.15) is 0 Å². The first kappa shape index (κ1) is 7.32. The minimum absolute atomic E-state index is 0.227. The summed E-state index contributed by atoms with van der Waals surface area (Å²) in [6.07, 6.45) is 6.12. The minimum Gasteiger partial charge on any atom is -0.392 e. The summed E-state index contributed by atoms with van der Waals surface area (Å²) in [5.41, 5.74) is 1.15. The molecule has 0 saturated heterocycles. The highest BCUT2D eigenvalue weighted by atomic mass is 16.3. The molecule has 1 aliphatic heterocycles. The summed E-state index contributed by atoms with van der Waals surface area (Å²) in [4.78, 5) is 0. The zero-order valence-corrected chi connectivity index (χ0v) is 6.71. The van der Waals surface area contributed by atoms with Crippen LogP contribution in [0.3, 0.4) is 0 Å². The van der Waals surface area contributed by atoms with Crippen LogP contribution in [0.5, 0.6) is 0 Å². The number of rotatable bonds is 2. The van der Waals surface area contributed by atoms with Crippen LogP contribution in [0.15, 0.2) is 11.6 Å². The van der Waals surface area contributed by atoms with Gasteiger partial charge in [-0.15, -0.1) is 0 Å². The van der Waals surface area contributed by atoms with E-state index in [4.69, 9.17) is 5.11 Å². The van der Waals surface area contributed by atoms with Crippen molar-refractivity contribution in [3.8, 4) is 0 Å². The highest BCUT2D eigenvalue weighted by Gasteiger charge is 2.31. The lowest BCUT2D eigenvalue weighted by molar-refractivity contribution is 0.318. The first-order valence-electron chi connectivity index (χ1n) is 4.42. The molecule has 1 atom stereocenters. The molecule has 0 spiro atoms. The summed E-state index contributed by atoms with van der Waals surface area (Å²) < 4.78 is 0. The van der Waals surface area contributed by atoms with Crippen molar-refractivity contribution in [2.24, 2.45) is 5.92 Å². The molecule has 1 aliphatic carbocycles. The van der Waals surface area contributed by atoms with Gasteiger partial charge in [0.1, 0.15) is 0 Å². The number of aliphatic hydroxyl groups excluding tert-OH is 1. The SMILES string of the molecule is OCC1=CCC(C2CC2)NC1. The molecule has 0 aromatic heterocycles. The van der Waals surface area contributed by atoms with E-state index in [1.54, 1.807) is 0 Å². The summed E-state index contributed by atoms with van der Waals surface area (Å²) >= 11 is 0. The standard InChI is InChI=1S/C9H15NO/c11-6-7-1-4-9(10-5-7)8-2-3-8/h1,8-11H,2-6H2. The fourth-order valence-corrected chi connectivity index (χ4v) is 1.69. The number of nitrogens with one attached hydrogen (secondary N) is 1. The Balaban J connectivity index is 1.87. The topological polar surface area (TPSA) is 32.3 Å². The lowest BCUT2D eigenvalue weighted by Gasteiger charge is -2.22. The van der Waals surface area contributed by atoms with E-state index in [2.05, 4.69) is 11.4 Å². The summed E-state index contributed by atoms with van der Waals surface area (Å²) in [5.74, 6) is 0.937. The Labute approximate surface area is 67.3 Å². The summed E-state index contributed by atoms with van der Waals surface area (Å²) in [6, 6.07) is 0.713. The van der Waals surface area contributed by atoms with Gasteiger partial charge in [-0.3, -0.25) is 0 Å². The van der Waals surface area contributed by atoms with Gasteiger partial charge in [0, 0.05) is 12.6 Å². The Morgan fingerprint density at radius 1 is 1.55 bits per heavy atom. The van der Waals surface area contributed by atoms with Gasteiger partial charge in [-0.1, -0.05) is 6.08 Å². The van der Waals surface area contributed by atoms with E-state index >= 15 is 0 Å². The van der Waals surface area contributed by atoms with Gasteiger partial charge in [-0.25, -0.2) is 0 Å². The second-order valence-electron chi connectivity index (χ2n) is 3.58. The van der Waals surface area contributed by atoms with Crippen molar-refractivity contribution in [1.29, 1.82) is 0 Å². The molecular formula is C9H15NO. The first-order valence-corrected chi connectivity index (χ1v) is 4.42. The average Bonchev–Trinajstić information content (AvgIpc) is 2.87. The van der Waals surface area contributed by atoms with Crippen molar-refractivity contribution in [2.75, 3.05) is 13.2 Å². The lowest BCUT2D eigenvalue weighted by atomic mass is 10.0. The van der Waals surface area contributed by atoms with Crippen LogP contribution < -0.4 is 5.32 Å². The van der Waals surface area contributed by atoms with E-state index in [-0.39, 0.29) is 6.61 Å². The maximum atomic E-state index is 8.82. The zero-order valence-electron chi connectivity index (χ0n) is 6.71. The van der Waals surface area contributed by atoms with E-state index in [0.717, 1.165) is 24.5 Å². The Bertz CT molecular complexity index is 172. The molecule has 1 unspecified atom stereocenters. The van der Waals surface area contributed by atoms with Crippen molar-refractivity contribution < 1.29 is 5.11 Å². The fraction of sp³-hybridized carbons (Fsp3) is 0.778. The molecular weight excluding hydrogens is 138 g/mol. The predicted molar refractivity (Wildman–Crippen MR) is 44.3 cm³/mol. The minimum atomic E-state index is 0.227. The molecule has 1 heterocycles. The molecule has 1 saturated carbocycles. The van der Waals surface area contributed by atoms with E-state index < -0.39 is 0 Å². The van der Waals surface area contributed by atoms with Crippen LogP contribution in [0.2, 0.25) is 0 Å². The lowest BCUT2D eigenvalue weighted by Crippen LogP contribution is -2.36. The largest absolute Gasteiger partial charge is 0.392 e. The predicted octanol–water partition coefficient (Wildman–Crippen LogP) is 0.677. The monoisotopic (exact) mass is 153 g/mol. The highest BCUT2D eigenvalue weighted by Crippen LogP contribution is 2.35. The van der Waals surface area contributed by atoms with E-state index in [9.17, 15) is 0 Å². The molecule has 0 amide bonds. The van der Waals surface area contributed by atoms with Crippen LogP contribution in [-0.4, -0.2) is 24.3 Å². The van der Waals surface area contributed by atoms with Crippen molar-refractivity contribution in [2.45, 2.75) is 25.3 Å². The fourth-order valence-electron chi connectivity index (χ4n) is 1.69. The quantitative estimate of drug-likeness (QED) is 0.572. The van der Waals surface area contributed by atoms with Gasteiger partial charge in [0.15, 0.2) is 0 Å². The van der Waals surface area contributed by atoms with E-state index in [1.807, 2.05) is 0 Å². The molecule has 0 radical (unpaired) electrons. The third kappa shape index (κ3) is 1.63. The van der Waals surface area contributed by atoms with Crippen LogP contribution in [0.4, 0.5) is 0 Å². The Morgan fingerprint density at radius 2 is 2.36 bits per heavy atom. The van der Waals surface area contributed by atoms with Gasteiger partial charge in [0.05, 0.1) is 6.61 Å². The van der Waals surface area contributed by atoms with Crippen molar-refractivity contribution in [3.05, 3.63) is 11.6 Å². The molecule has 62 valence electrons. The van der Waals surface area contributed by atoms with E-state index in [1.165, 1.54) is 12.8 Å². The molecule has 0 aromatic carbocycles. The van der Waals surface area contributed by atoms with Crippen molar-refractivity contribution in [1.82, 2.24) is 5.32 Å². The van der Waals surface area contributed by atoms with Crippen LogP contribution in [0.1, 0.15) is 19.3 Å². The molecule has 1 fully saturated rings. The highest BCUT2D eigenvalue weighted by molar-refractivity contribution is 5.11. The van der Waals surface area contributed by atoms with Gasteiger partial charge in [-0.05, 0) is 30.8 Å². The van der Waals surface area contributed by atoms with Crippen LogP contribution in [0.25, 0.3) is 0 Å². The maximum Gasteiger partial charge on any atom is 0.0654 e. The second-order valence-corrected chi connectivity index (χ2v) is 3.58. The number of hydrogen-bond donors (Lipinski definition) is 2. The molecule has 2 heteroatoms. The smallest absolute Gasteiger partial charge is 0.0654 e. The van der Waals surface area contributed by atoms with Gasteiger partial charge < -0.3 is 10.4 Å². The van der Waals surface area contributed by atoms with Crippen molar-refractivity contribution >= 4 is 0 Å². The number of hydrogen-bond acceptors (Lipinski definition) is 2. The third-order valence-corrected chi connectivity index (χ3v) is 2.65. The first-order chi connectivity index (χ1) is 5.40. The summed E-state index contributed by atoms with van der Waals surface area (Å²) in [5, 5.41) is 12.3. The number of aliphatic hydroxyl groups is 1. The Kier molecular flexibility index (Phi) is 1.96. The Morgan fingerprint density at radius 3 is 2.82 bits per heavy atom.